The Balaban J connectivity index is 1.66. The Bertz CT molecular complexity index is 802. The number of carbonyl (C=O) groups excluding carboxylic acids is 3. The summed E-state index contributed by atoms with van der Waals surface area (Å²) in [4.78, 5) is 39.0. The maximum absolute atomic E-state index is 12.4. The van der Waals surface area contributed by atoms with Gasteiger partial charge in [0, 0.05) is 25.7 Å². The van der Waals surface area contributed by atoms with Crippen molar-refractivity contribution in [2.75, 3.05) is 31.1 Å². The van der Waals surface area contributed by atoms with E-state index < -0.39 is 11.7 Å². The van der Waals surface area contributed by atoms with E-state index >= 15 is 0 Å². The van der Waals surface area contributed by atoms with Crippen molar-refractivity contribution in [1.82, 2.24) is 10.2 Å². The maximum Gasteiger partial charge on any atom is 0.414 e. The van der Waals surface area contributed by atoms with E-state index in [-0.39, 0.29) is 18.1 Å². The van der Waals surface area contributed by atoms with Gasteiger partial charge in [-0.3, -0.25) is 9.69 Å². The average molecular weight is 403 g/mol. The number of benzene rings is 1. The van der Waals surface area contributed by atoms with Crippen LogP contribution in [0.1, 0.15) is 38.8 Å². The summed E-state index contributed by atoms with van der Waals surface area (Å²) in [7, 11) is 0. The summed E-state index contributed by atoms with van der Waals surface area (Å²) in [6, 6.07) is 5.91. The second-order valence-electron chi connectivity index (χ2n) is 8.47. The Morgan fingerprint density at radius 2 is 1.90 bits per heavy atom. The fourth-order valence-corrected chi connectivity index (χ4v) is 3.48. The van der Waals surface area contributed by atoms with Crippen molar-refractivity contribution in [2.24, 2.45) is 0 Å². The lowest BCUT2D eigenvalue weighted by atomic mass is 10.0. The minimum atomic E-state index is -0.521. The Morgan fingerprint density at radius 1 is 1.21 bits per heavy atom. The average Bonchev–Trinajstić information content (AvgIpc) is 2.86. The second-order valence-corrected chi connectivity index (χ2v) is 8.47. The molecule has 0 radical (unpaired) electrons. The molecule has 1 unspecified atom stereocenters. The first kappa shape index (κ1) is 21.0. The molecule has 1 saturated heterocycles. The van der Waals surface area contributed by atoms with Crippen LogP contribution in [-0.4, -0.2) is 60.9 Å². The van der Waals surface area contributed by atoms with Crippen LogP contribution in [0.15, 0.2) is 18.2 Å². The molecule has 1 aromatic carbocycles. The van der Waals surface area contributed by atoms with Gasteiger partial charge in [-0.2, -0.15) is 0 Å². The molecule has 1 atom stereocenters. The Labute approximate surface area is 171 Å². The third kappa shape index (κ3) is 5.40. The van der Waals surface area contributed by atoms with E-state index in [0.29, 0.717) is 32.6 Å². The molecule has 1 fully saturated rings. The first-order valence-electron chi connectivity index (χ1n) is 9.95. The summed E-state index contributed by atoms with van der Waals surface area (Å²) in [6.07, 6.45) is 0.358. The first-order chi connectivity index (χ1) is 13.6. The molecular formula is C21H29N3O5. The van der Waals surface area contributed by atoms with Crippen molar-refractivity contribution in [1.29, 1.82) is 0 Å². The van der Waals surface area contributed by atoms with Gasteiger partial charge in [-0.1, -0.05) is 6.07 Å². The number of nitrogens with zero attached hydrogens (tertiary/aromatic N) is 2. The summed E-state index contributed by atoms with van der Waals surface area (Å²) in [5.74, 6) is -0.154. The number of ether oxygens (including phenoxy) is 2. The van der Waals surface area contributed by atoms with E-state index in [1.54, 1.807) is 9.80 Å². The zero-order valence-electron chi connectivity index (χ0n) is 17.5. The Hall–Kier alpha value is -2.77. The van der Waals surface area contributed by atoms with Crippen molar-refractivity contribution >= 4 is 23.8 Å². The minimum Gasteiger partial charge on any atom is -0.444 e. The van der Waals surface area contributed by atoms with Crippen LogP contribution in [0.4, 0.5) is 15.3 Å². The molecule has 2 heterocycles. The number of hydrogen-bond acceptors (Lipinski definition) is 5. The maximum atomic E-state index is 12.4. The molecule has 2 aliphatic rings. The predicted molar refractivity (Wildman–Crippen MR) is 108 cm³/mol. The topological polar surface area (TPSA) is 88.2 Å². The molecule has 0 aliphatic carbocycles. The molecule has 1 N–H and O–H groups in total. The number of amides is 3. The van der Waals surface area contributed by atoms with E-state index in [2.05, 4.69) is 5.32 Å². The van der Waals surface area contributed by atoms with Gasteiger partial charge in [0.2, 0.25) is 5.91 Å². The fraction of sp³-hybridized carbons (Fsp3) is 0.571. The Kier molecular flexibility index (Phi) is 6.00. The second kappa shape index (κ2) is 8.31. The quantitative estimate of drug-likeness (QED) is 0.838. The van der Waals surface area contributed by atoms with Crippen molar-refractivity contribution in [3.8, 4) is 0 Å². The highest BCUT2D eigenvalue weighted by atomic mass is 16.6. The van der Waals surface area contributed by atoms with Crippen molar-refractivity contribution in [2.45, 2.75) is 52.2 Å². The summed E-state index contributed by atoms with van der Waals surface area (Å²) >= 11 is 0. The predicted octanol–water partition coefficient (Wildman–Crippen LogP) is 2.48. The largest absolute Gasteiger partial charge is 0.444 e. The lowest BCUT2D eigenvalue weighted by Crippen LogP contribution is -2.38. The first-order valence-corrected chi connectivity index (χ1v) is 9.95. The van der Waals surface area contributed by atoms with Gasteiger partial charge in [0.1, 0.15) is 11.7 Å². The van der Waals surface area contributed by atoms with Crippen LogP contribution in [0.3, 0.4) is 0 Å². The molecule has 3 rings (SSSR count). The zero-order chi connectivity index (χ0) is 21.2. The van der Waals surface area contributed by atoms with Crippen LogP contribution in [-0.2, 0) is 27.1 Å². The minimum absolute atomic E-state index is 0.154. The summed E-state index contributed by atoms with van der Waals surface area (Å²) < 4.78 is 10.8. The Morgan fingerprint density at radius 3 is 2.55 bits per heavy atom. The summed E-state index contributed by atoms with van der Waals surface area (Å²) in [5, 5.41) is 2.68. The standard InChI is InChI=1S/C21H29N3O5/c1-14(25)22-12-18-13-24(20(27)28-18)17-6-5-15-7-9-23(10-8-16(15)11-17)19(26)29-21(2,3)4/h5-6,11,18H,7-10,12-13H2,1-4H3,(H,22,25). The lowest BCUT2D eigenvalue weighted by Gasteiger charge is -2.26. The van der Waals surface area contributed by atoms with Crippen molar-refractivity contribution < 1.29 is 23.9 Å². The van der Waals surface area contributed by atoms with Gasteiger partial charge in [0.25, 0.3) is 0 Å². The molecule has 0 spiro atoms. The van der Waals surface area contributed by atoms with Crippen molar-refractivity contribution in [3.63, 3.8) is 0 Å². The third-order valence-corrected chi connectivity index (χ3v) is 4.91. The molecule has 1 aromatic rings. The zero-order valence-corrected chi connectivity index (χ0v) is 17.5. The monoisotopic (exact) mass is 403 g/mol. The molecule has 158 valence electrons. The van der Waals surface area contributed by atoms with Gasteiger partial charge in [0.15, 0.2) is 0 Å². The van der Waals surface area contributed by atoms with Gasteiger partial charge in [0.05, 0.1) is 13.1 Å². The molecule has 3 amide bonds. The highest BCUT2D eigenvalue weighted by Crippen LogP contribution is 2.27. The number of nitrogens with one attached hydrogen (secondary N) is 1. The van der Waals surface area contributed by atoms with E-state index in [0.717, 1.165) is 17.7 Å². The molecule has 29 heavy (non-hydrogen) atoms. The van der Waals surface area contributed by atoms with Crippen LogP contribution < -0.4 is 10.2 Å². The smallest absolute Gasteiger partial charge is 0.414 e. The van der Waals surface area contributed by atoms with E-state index in [1.807, 2.05) is 39.0 Å². The highest BCUT2D eigenvalue weighted by Gasteiger charge is 2.33. The highest BCUT2D eigenvalue weighted by molar-refractivity contribution is 5.90. The third-order valence-electron chi connectivity index (χ3n) is 4.91. The number of anilines is 1. The SMILES string of the molecule is CC(=O)NCC1CN(c2ccc3c(c2)CCN(C(=O)OC(C)(C)C)CC3)C(=O)O1. The van der Waals surface area contributed by atoms with Gasteiger partial charge in [-0.15, -0.1) is 0 Å². The number of carbonyl (C=O) groups is 3. The fourth-order valence-electron chi connectivity index (χ4n) is 3.48. The molecule has 0 aromatic heterocycles. The summed E-state index contributed by atoms with van der Waals surface area (Å²) in [5.41, 5.74) is 2.53. The van der Waals surface area contributed by atoms with E-state index in [1.165, 1.54) is 12.5 Å². The van der Waals surface area contributed by atoms with Crippen LogP contribution in [0.25, 0.3) is 0 Å². The van der Waals surface area contributed by atoms with Crippen LogP contribution >= 0.6 is 0 Å². The molecule has 8 heteroatoms. The number of rotatable bonds is 3. The number of fused-ring (bicyclic) bond motifs is 1. The molecule has 0 bridgehead atoms. The summed E-state index contributed by atoms with van der Waals surface area (Å²) in [6.45, 7) is 8.87. The molecular weight excluding hydrogens is 374 g/mol. The van der Waals surface area contributed by atoms with Crippen LogP contribution in [0.2, 0.25) is 0 Å². The number of hydrogen-bond donors (Lipinski definition) is 1. The molecule has 2 aliphatic heterocycles. The molecule has 0 saturated carbocycles. The van der Waals surface area contributed by atoms with Gasteiger partial charge >= 0.3 is 12.2 Å². The normalized spacial score (nSPS) is 19.3. The van der Waals surface area contributed by atoms with E-state index in [4.69, 9.17) is 9.47 Å². The molecule has 8 nitrogen and oxygen atoms in total. The lowest BCUT2D eigenvalue weighted by molar-refractivity contribution is -0.119. The van der Waals surface area contributed by atoms with E-state index in [9.17, 15) is 14.4 Å². The van der Waals surface area contributed by atoms with Crippen LogP contribution in [0, 0.1) is 0 Å². The van der Waals surface area contributed by atoms with Crippen molar-refractivity contribution in [3.05, 3.63) is 29.3 Å². The van der Waals surface area contributed by atoms with Gasteiger partial charge < -0.3 is 19.7 Å². The van der Waals surface area contributed by atoms with Gasteiger partial charge in [-0.05, 0) is 56.9 Å². The van der Waals surface area contributed by atoms with Crippen LogP contribution in [0.5, 0.6) is 0 Å². The number of cyclic esters (lactones) is 1. The van der Waals surface area contributed by atoms with Gasteiger partial charge in [-0.25, -0.2) is 9.59 Å².